The molecular formula is C22H27N5O. The Hall–Kier alpha value is -2.86. The summed E-state index contributed by atoms with van der Waals surface area (Å²) in [5, 5.41) is 14.8. The standard InChI is InChI=1S/C22H27N5O/c1-14-4-6-18(23-17-8-10-27(3)11-9-17)13-21(14)24-22(28)16-5-7-20-19(12-16)15(2)25-26-20/h4-7,12-13,17,23H,8-11H2,1-3H3,(H,24,28)(H,25,26). The molecule has 0 radical (unpaired) electrons. The molecule has 3 aromatic rings. The number of aromatic nitrogens is 2. The van der Waals surface area contributed by atoms with Gasteiger partial charge >= 0.3 is 0 Å². The van der Waals surface area contributed by atoms with E-state index in [0.29, 0.717) is 11.6 Å². The number of piperidine rings is 1. The van der Waals surface area contributed by atoms with Crippen molar-refractivity contribution in [1.82, 2.24) is 15.1 Å². The van der Waals surface area contributed by atoms with Crippen LogP contribution in [0.3, 0.4) is 0 Å². The van der Waals surface area contributed by atoms with Crippen LogP contribution in [0, 0.1) is 13.8 Å². The lowest BCUT2D eigenvalue weighted by molar-refractivity contribution is 0.102. The Labute approximate surface area is 165 Å². The summed E-state index contributed by atoms with van der Waals surface area (Å²) in [4.78, 5) is 15.2. The molecule has 1 aromatic heterocycles. The van der Waals surface area contributed by atoms with Crippen LogP contribution in [0.25, 0.3) is 10.9 Å². The van der Waals surface area contributed by atoms with E-state index in [4.69, 9.17) is 0 Å². The van der Waals surface area contributed by atoms with Crippen LogP contribution in [0.2, 0.25) is 0 Å². The van der Waals surface area contributed by atoms with Crippen LogP contribution in [0.5, 0.6) is 0 Å². The van der Waals surface area contributed by atoms with Crippen LogP contribution in [0.15, 0.2) is 36.4 Å². The van der Waals surface area contributed by atoms with Gasteiger partial charge in [0.1, 0.15) is 0 Å². The second kappa shape index (κ2) is 7.64. The van der Waals surface area contributed by atoms with Gasteiger partial charge in [0.05, 0.1) is 5.52 Å². The molecule has 1 saturated heterocycles. The lowest BCUT2D eigenvalue weighted by atomic mass is 10.0. The van der Waals surface area contributed by atoms with Crippen molar-refractivity contribution in [2.24, 2.45) is 0 Å². The zero-order valence-electron chi connectivity index (χ0n) is 16.7. The Kier molecular flexibility index (Phi) is 5.05. The van der Waals surface area contributed by atoms with Crippen LogP contribution >= 0.6 is 0 Å². The summed E-state index contributed by atoms with van der Waals surface area (Å²) in [6.45, 7) is 6.20. The number of fused-ring (bicyclic) bond motifs is 1. The summed E-state index contributed by atoms with van der Waals surface area (Å²) in [5.41, 5.74) is 5.40. The highest BCUT2D eigenvalue weighted by Crippen LogP contribution is 2.24. The summed E-state index contributed by atoms with van der Waals surface area (Å²) in [6, 6.07) is 12.2. The molecule has 4 rings (SSSR count). The molecular weight excluding hydrogens is 350 g/mol. The molecule has 0 bridgehead atoms. The molecule has 1 aliphatic heterocycles. The number of carbonyl (C=O) groups is 1. The summed E-state index contributed by atoms with van der Waals surface area (Å²) >= 11 is 0. The third-order valence-electron chi connectivity index (χ3n) is 5.58. The van der Waals surface area contributed by atoms with Crippen molar-refractivity contribution in [1.29, 1.82) is 0 Å². The maximum Gasteiger partial charge on any atom is 0.255 e. The van der Waals surface area contributed by atoms with Gasteiger partial charge in [0.25, 0.3) is 5.91 Å². The zero-order chi connectivity index (χ0) is 19.7. The van der Waals surface area contributed by atoms with Gasteiger partial charge in [-0.15, -0.1) is 0 Å². The average molecular weight is 377 g/mol. The number of rotatable bonds is 4. The highest BCUT2D eigenvalue weighted by Gasteiger charge is 2.17. The van der Waals surface area contributed by atoms with E-state index < -0.39 is 0 Å². The minimum Gasteiger partial charge on any atom is -0.382 e. The molecule has 1 amide bonds. The Morgan fingerprint density at radius 3 is 2.71 bits per heavy atom. The molecule has 2 heterocycles. The van der Waals surface area contributed by atoms with E-state index in [1.54, 1.807) is 0 Å². The van der Waals surface area contributed by atoms with Crippen molar-refractivity contribution in [3.8, 4) is 0 Å². The molecule has 1 aliphatic rings. The summed E-state index contributed by atoms with van der Waals surface area (Å²) in [5.74, 6) is -0.109. The number of nitrogens with one attached hydrogen (secondary N) is 3. The lowest BCUT2D eigenvalue weighted by Crippen LogP contribution is -2.36. The molecule has 6 heteroatoms. The fraction of sp³-hybridized carbons (Fsp3) is 0.364. The minimum atomic E-state index is -0.109. The summed E-state index contributed by atoms with van der Waals surface area (Å²) in [7, 11) is 2.16. The Morgan fingerprint density at radius 1 is 1.14 bits per heavy atom. The molecule has 2 aromatic carbocycles. The van der Waals surface area contributed by atoms with E-state index in [1.807, 2.05) is 38.1 Å². The van der Waals surface area contributed by atoms with Crippen LogP contribution in [-0.2, 0) is 0 Å². The van der Waals surface area contributed by atoms with Crippen molar-refractivity contribution in [3.05, 3.63) is 53.2 Å². The third kappa shape index (κ3) is 3.87. The number of amides is 1. The van der Waals surface area contributed by atoms with E-state index in [9.17, 15) is 4.79 Å². The average Bonchev–Trinajstić information content (AvgIpc) is 3.06. The van der Waals surface area contributed by atoms with Crippen molar-refractivity contribution in [2.45, 2.75) is 32.7 Å². The number of carbonyl (C=O) groups excluding carboxylic acids is 1. The number of hydrogen-bond donors (Lipinski definition) is 3. The largest absolute Gasteiger partial charge is 0.382 e. The molecule has 0 atom stereocenters. The van der Waals surface area contributed by atoms with Gasteiger partial charge in [0.15, 0.2) is 0 Å². The molecule has 0 unspecified atom stereocenters. The van der Waals surface area contributed by atoms with Gasteiger partial charge in [-0.1, -0.05) is 6.07 Å². The highest BCUT2D eigenvalue weighted by molar-refractivity contribution is 6.06. The van der Waals surface area contributed by atoms with E-state index in [1.165, 1.54) is 0 Å². The van der Waals surface area contributed by atoms with Gasteiger partial charge in [-0.25, -0.2) is 0 Å². The van der Waals surface area contributed by atoms with Gasteiger partial charge in [-0.3, -0.25) is 9.89 Å². The predicted molar refractivity (Wildman–Crippen MR) is 114 cm³/mol. The molecule has 146 valence electrons. The quantitative estimate of drug-likeness (QED) is 0.644. The monoisotopic (exact) mass is 377 g/mol. The van der Waals surface area contributed by atoms with Crippen LogP contribution in [0.4, 0.5) is 11.4 Å². The fourth-order valence-electron chi connectivity index (χ4n) is 3.71. The maximum atomic E-state index is 12.8. The smallest absolute Gasteiger partial charge is 0.255 e. The highest BCUT2D eigenvalue weighted by atomic mass is 16.1. The first-order valence-electron chi connectivity index (χ1n) is 9.81. The van der Waals surface area contributed by atoms with E-state index in [-0.39, 0.29) is 5.91 Å². The number of hydrogen-bond acceptors (Lipinski definition) is 4. The SMILES string of the molecule is Cc1ccc(NC2CCN(C)CC2)cc1NC(=O)c1ccc2n[nH]c(C)c2c1. The van der Waals surface area contributed by atoms with E-state index >= 15 is 0 Å². The molecule has 0 spiro atoms. The number of H-pyrrole nitrogens is 1. The Bertz CT molecular complexity index is 1000. The van der Waals surface area contributed by atoms with E-state index in [0.717, 1.165) is 59.5 Å². The van der Waals surface area contributed by atoms with Crippen molar-refractivity contribution in [3.63, 3.8) is 0 Å². The Balaban J connectivity index is 1.50. The molecule has 1 fully saturated rings. The molecule has 6 nitrogen and oxygen atoms in total. The number of aryl methyl sites for hydroxylation is 2. The van der Waals surface area contributed by atoms with Crippen molar-refractivity contribution < 1.29 is 4.79 Å². The van der Waals surface area contributed by atoms with Crippen LogP contribution < -0.4 is 10.6 Å². The van der Waals surface area contributed by atoms with Crippen molar-refractivity contribution in [2.75, 3.05) is 30.8 Å². The van der Waals surface area contributed by atoms with Crippen LogP contribution in [0.1, 0.15) is 34.5 Å². The minimum absolute atomic E-state index is 0.109. The number of aromatic amines is 1. The van der Waals surface area contributed by atoms with Gasteiger partial charge in [0.2, 0.25) is 0 Å². The third-order valence-corrected chi connectivity index (χ3v) is 5.58. The number of likely N-dealkylation sites (tertiary alicyclic amines) is 1. The van der Waals surface area contributed by atoms with Gasteiger partial charge in [-0.05, 0) is 82.7 Å². The van der Waals surface area contributed by atoms with Crippen molar-refractivity contribution >= 4 is 28.2 Å². The first kappa shape index (κ1) is 18.5. The van der Waals surface area contributed by atoms with Gasteiger partial charge < -0.3 is 15.5 Å². The number of benzene rings is 2. The van der Waals surface area contributed by atoms with E-state index in [2.05, 4.69) is 44.9 Å². The number of nitrogens with zero attached hydrogens (tertiary/aromatic N) is 2. The maximum absolute atomic E-state index is 12.8. The fourth-order valence-corrected chi connectivity index (χ4v) is 3.71. The zero-order valence-corrected chi connectivity index (χ0v) is 16.7. The Morgan fingerprint density at radius 2 is 1.93 bits per heavy atom. The molecule has 0 saturated carbocycles. The topological polar surface area (TPSA) is 73.0 Å². The first-order valence-corrected chi connectivity index (χ1v) is 9.81. The lowest BCUT2D eigenvalue weighted by Gasteiger charge is -2.30. The second-order valence-corrected chi connectivity index (χ2v) is 7.79. The normalized spacial score (nSPS) is 15.7. The summed E-state index contributed by atoms with van der Waals surface area (Å²) < 4.78 is 0. The molecule has 0 aliphatic carbocycles. The second-order valence-electron chi connectivity index (χ2n) is 7.79. The molecule has 3 N–H and O–H groups in total. The predicted octanol–water partition coefficient (Wildman–Crippen LogP) is 3.94. The van der Waals surface area contributed by atoms with Crippen LogP contribution in [-0.4, -0.2) is 47.2 Å². The first-order chi connectivity index (χ1) is 13.5. The molecule has 28 heavy (non-hydrogen) atoms. The summed E-state index contributed by atoms with van der Waals surface area (Å²) in [6.07, 6.45) is 2.27. The number of anilines is 2. The van der Waals surface area contributed by atoms with Gasteiger partial charge in [-0.2, -0.15) is 5.10 Å². The van der Waals surface area contributed by atoms with Gasteiger partial charge in [0, 0.05) is 34.1 Å².